The predicted molar refractivity (Wildman–Crippen MR) is 114 cm³/mol. The van der Waals surface area contributed by atoms with Crippen molar-refractivity contribution in [2.75, 3.05) is 25.1 Å². The molecule has 3 N–H and O–H groups in total. The van der Waals surface area contributed by atoms with Crippen LogP contribution in [0.1, 0.15) is 41.9 Å². The number of piperidine rings is 1. The van der Waals surface area contributed by atoms with Gasteiger partial charge in [0.1, 0.15) is 11.6 Å². The van der Waals surface area contributed by atoms with Crippen molar-refractivity contribution in [3.63, 3.8) is 0 Å². The Morgan fingerprint density at radius 1 is 1.23 bits per heavy atom. The van der Waals surface area contributed by atoms with E-state index in [0.29, 0.717) is 6.54 Å². The molecule has 2 heterocycles. The molecule has 1 aromatic heterocycles. The van der Waals surface area contributed by atoms with Crippen LogP contribution in [0.15, 0.2) is 36.5 Å². The van der Waals surface area contributed by atoms with E-state index < -0.39 is 0 Å². The third kappa shape index (κ3) is 4.10. The highest BCUT2D eigenvalue weighted by Gasteiger charge is 2.29. The summed E-state index contributed by atoms with van der Waals surface area (Å²) in [6.45, 7) is 1.90. The molecule has 0 spiro atoms. The van der Waals surface area contributed by atoms with Crippen molar-refractivity contribution in [1.82, 2.24) is 10.3 Å². The van der Waals surface area contributed by atoms with Gasteiger partial charge in [0.15, 0.2) is 0 Å². The van der Waals surface area contributed by atoms with Crippen LogP contribution in [0.3, 0.4) is 0 Å². The lowest BCUT2D eigenvalue weighted by molar-refractivity contribution is -0.123. The van der Waals surface area contributed by atoms with Gasteiger partial charge >= 0.3 is 0 Å². The number of methoxy groups -OCH3 is 1. The Labute approximate surface area is 176 Å². The number of hydrogen-bond donors (Lipinski definition) is 2. The van der Waals surface area contributed by atoms with E-state index in [1.54, 1.807) is 13.3 Å². The minimum atomic E-state index is -0.225. The van der Waals surface area contributed by atoms with Gasteiger partial charge < -0.3 is 20.7 Å². The molecule has 1 aliphatic heterocycles. The number of nitrogens with two attached hydrogens (primary N) is 1. The summed E-state index contributed by atoms with van der Waals surface area (Å²) in [4.78, 5) is 31.1. The first-order valence-corrected chi connectivity index (χ1v) is 10.5. The van der Waals surface area contributed by atoms with Crippen LogP contribution in [0.5, 0.6) is 5.75 Å². The number of primary amides is 1. The zero-order chi connectivity index (χ0) is 21.1. The number of fused-ring (bicyclic) bond motifs is 1. The summed E-state index contributed by atoms with van der Waals surface area (Å²) in [5.41, 5.74) is 8.70. The smallest absolute Gasteiger partial charge is 0.227 e. The van der Waals surface area contributed by atoms with Crippen molar-refractivity contribution in [3.8, 4) is 5.75 Å². The summed E-state index contributed by atoms with van der Waals surface area (Å²) >= 11 is 0. The molecule has 1 saturated heterocycles. The second-order valence-electron chi connectivity index (χ2n) is 8.02. The lowest BCUT2D eigenvalue weighted by Crippen LogP contribution is -2.39. The fourth-order valence-electron chi connectivity index (χ4n) is 4.51. The van der Waals surface area contributed by atoms with Gasteiger partial charge in [-0.15, -0.1) is 0 Å². The molecule has 1 aromatic carbocycles. The zero-order valence-electron chi connectivity index (χ0n) is 17.3. The van der Waals surface area contributed by atoms with E-state index in [0.717, 1.165) is 61.5 Å². The topological polar surface area (TPSA) is 97.6 Å². The SMILES string of the molecule is COc1ccc2c(c1)C(C(=O)NCc1cccnc1N1CCC(C(N)=O)CC1)CC2. The van der Waals surface area contributed by atoms with Gasteiger partial charge in [-0.05, 0) is 55.0 Å². The van der Waals surface area contributed by atoms with E-state index in [1.165, 1.54) is 5.56 Å². The fourth-order valence-corrected chi connectivity index (χ4v) is 4.51. The minimum Gasteiger partial charge on any atom is -0.497 e. The number of pyridine rings is 1. The highest BCUT2D eigenvalue weighted by Crippen LogP contribution is 2.35. The van der Waals surface area contributed by atoms with Gasteiger partial charge in [0.25, 0.3) is 0 Å². The Kier molecular flexibility index (Phi) is 5.88. The highest BCUT2D eigenvalue weighted by atomic mass is 16.5. The third-order valence-corrected chi connectivity index (χ3v) is 6.26. The van der Waals surface area contributed by atoms with Crippen LogP contribution in [0.2, 0.25) is 0 Å². The second kappa shape index (κ2) is 8.73. The van der Waals surface area contributed by atoms with Crippen LogP contribution in [-0.4, -0.2) is 37.0 Å². The molecule has 158 valence electrons. The van der Waals surface area contributed by atoms with Crippen molar-refractivity contribution in [2.24, 2.45) is 11.7 Å². The number of amides is 2. The molecule has 1 unspecified atom stereocenters. The van der Waals surface area contributed by atoms with Gasteiger partial charge in [0.05, 0.1) is 13.0 Å². The van der Waals surface area contributed by atoms with Crippen molar-refractivity contribution < 1.29 is 14.3 Å². The van der Waals surface area contributed by atoms with Crippen LogP contribution in [0.25, 0.3) is 0 Å². The Bertz CT molecular complexity index is 938. The number of nitrogens with one attached hydrogen (secondary N) is 1. The van der Waals surface area contributed by atoms with Crippen LogP contribution >= 0.6 is 0 Å². The number of carbonyl (C=O) groups excluding carboxylic acids is 2. The van der Waals surface area contributed by atoms with Crippen molar-refractivity contribution in [2.45, 2.75) is 38.1 Å². The quantitative estimate of drug-likeness (QED) is 0.763. The number of nitrogens with zero attached hydrogens (tertiary/aromatic N) is 2. The number of carbonyl (C=O) groups is 2. The average molecular weight is 409 g/mol. The molecule has 2 aliphatic rings. The number of benzene rings is 1. The summed E-state index contributed by atoms with van der Waals surface area (Å²) in [6.07, 6.45) is 4.95. The normalized spacial score (nSPS) is 18.7. The van der Waals surface area contributed by atoms with Gasteiger partial charge in [-0.1, -0.05) is 12.1 Å². The van der Waals surface area contributed by atoms with Crippen molar-refractivity contribution in [3.05, 3.63) is 53.2 Å². The maximum absolute atomic E-state index is 12.9. The first kappa shape index (κ1) is 20.2. The average Bonchev–Trinajstić information content (AvgIpc) is 3.21. The molecule has 7 nitrogen and oxygen atoms in total. The maximum Gasteiger partial charge on any atom is 0.227 e. The highest BCUT2D eigenvalue weighted by molar-refractivity contribution is 5.85. The van der Waals surface area contributed by atoms with Crippen molar-refractivity contribution in [1.29, 1.82) is 0 Å². The minimum absolute atomic E-state index is 0.0317. The molecule has 0 radical (unpaired) electrons. The standard InChI is InChI=1S/C23H28N4O3/c1-30-18-6-4-15-5-7-19(20(15)13-18)23(29)26-14-17-3-2-10-25-22(17)27-11-8-16(9-12-27)21(24)28/h2-4,6,10,13,16,19H,5,7-9,11-12,14H2,1H3,(H2,24,28)(H,26,29). The van der Waals surface area contributed by atoms with Crippen LogP contribution < -0.4 is 20.7 Å². The van der Waals surface area contributed by atoms with Crippen LogP contribution in [0.4, 0.5) is 5.82 Å². The Balaban J connectivity index is 1.42. The molecule has 0 bridgehead atoms. The van der Waals surface area contributed by atoms with E-state index in [-0.39, 0.29) is 23.7 Å². The predicted octanol–water partition coefficient (Wildman–Crippen LogP) is 2.14. The molecule has 1 fully saturated rings. The maximum atomic E-state index is 12.9. The summed E-state index contributed by atoms with van der Waals surface area (Å²) in [5, 5.41) is 3.11. The Hall–Kier alpha value is -3.09. The third-order valence-electron chi connectivity index (χ3n) is 6.26. The largest absolute Gasteiger partial charge is 0.497 e. The van der Waals surface area contributed by atoms with E-state index in [9.17, 15) is 9.59 Å². The van der Waals surface area contributed by atoms with Gasteiger partial charge in [0.2, 0.25) is 11.8 Å². The fraction of sp³-hybridized carbons (Fsp3) is 0.435. The van der Waals surface area contributed by atoms with E-state index in [2.05, 4.69) is 21.3 Å². The molecule has 2 amide bonds. The van der Waals surface area contributed by atoms with E-state index in [4.69, 9.17) is 10.5 Å². The summed E-state index contributed by atoms with van der Waals surface area (Å²) in [5.74, 6) is 1.24. The number of aromatic nitrogens is 1. The Morgan fingerprint density at radius 3 is 2.77 bits per heavy atom. The number of hydrogen-bond acceptors (Lipinski definition) is 5. The van der Waals surface area contributed by atoms with E-state index >= 15 is 0 Å². The molecule has 2 aromatic rings. The summed E-state index contributed by atoms with van der Waals surface area (Å²) in [7, 11) is 1.64. The number of ether oxygens (including phenoxy) is 1. The number of anilines is 1. The number of rotatable bonds is 6. The molecular formula is C23H28N4O3. The first-order valence-electron chi connectivity index (χ1n) is 10.5. The molecule has 1 aliphatic carbocycles. The lowest BCUT2D eigenvalue weighted by Gasteiger charge is -2.32. The monoisotopic (exact) mass is 408 g/mol. The van der Waals surface area contributed by atoms with Gasteiger partial charge in [-0.25, -0.2) is 4.98 Å². The zero-order valence-corrected chi connectivity index (χ0v) is 17.3. The van der Waals surface area contributed by atoms with E-state index in [1.807, 2.05) is 24.3 Å². The molecule has 4 rings (SSSR count). The molecule has 1 atom stereocenters. The van der Waals surface area contributed by atoms with Crippen molar-refractivity contribution >= 4 is 17.6 Å². The molecule has 7 heteroatoms. The van der Waals surface area contributed by atoms with Gasteiger partial charge in [-0.3, -0.25) is 9.59 Å². The van der Waals surface area contributed by atoms with Gasteiger partial charge in [-0.2, -0.15) is 0 Å². The van der Waals surface area contributed by atoms with Crippen LogP contribution in [-0.2, 0) is 22.6 Å². The first-order chi connectivity index (χ1) is 14.6. The second-order valence-corrected chi connectivity index (χ2v) is 8.02. The summed E-state index contributed by atoms with van der Waals surface area (Å²) in [6, 6.07) is 9.86. The molecule has 0 saturated carbocycles. The van der Waals surface area contributed by atoms with Gasteiger partial charge in [0, 0.05) is 37.3 Å². The lowest BCUT2D eigenvalue weighted by atomic mass is 9.96. The van der Waals surface area contributed by atoms with Crippen LogP contribution in [0, 0.1) is 5.92 Å². The Morgan fingerprint density at radius 2 is 2.03 bits per heavy atom. The number of aryl methyl sites for hydroxylation is 1. The molecule has 30 heavy (non-hydrogen) atoms. The molecular weight excluding hydrogens is 380 g/mol. The summed E-state index contributed by atoms with van der Waals surface area (Å²) < 4.78 is 5.33.